The van der Waals surface area contributed by atoms with Crippen LogP contribution in [0.4, 0.5) is 0 Å². The van der Waals surface area contributed by atoms with E-state index in [1.807, 2.05) is 0 Å². The van der Waals surface area contributed by atoms with Gasteiger partial charge < -0.3 is 20.1 Å². The highest BCUT2D eigenvalue weighted by Crippen LogP contribution is 2.25. The maximum atomic E-state index is 5.78. The standard InChI is InChI=1S/C18H37N3O2.HI/c1-6-19-17(21-14-18(4,5)12-15(2)3)20-9-7-10-23-16-8-11-22-13-16;/h15-16H,6-14H2,1-5H3,(H2,19,20,21);1H. The van der Waals surface area contributed by atoms with Gasteiger partial charge >= 0.3 is 0 Å². The highest BCUT2D eigenvalue weighted by atomic mass is 127. The van der Waals surface area contributed by atoms with E-state index in [0.717, 1.165) is 58.3 Å². The Balaban J connectivity index is 0.00000529. The van der Waals surface area contributed by atoms with Gasteiger partial charge in [0.2, 0.25) is 0 Å². The Kier molecular flexibility index (Phi) is 13.1. The Morgan fingerprint density at radius 1 is 1.33 bits per heavy atom. The minimum atomic E-state index is 0. The zero-order chi connectivity index (χ0) is 17.1. The van der Waals surface area contributed by atoms with Crippen molar-refractivity contribution >= 4 is 29.9 Å². The first-order valence-corrected chi connectivity index (χ1v) is 9.14. The maximum absolute atomic E-state index is 5.78. The van der Waals surface area contributed by atoms with E-state index >= 15 is 0 Å². The second kappa shape index (κ2) is 13.2. The highest BCUT2D eigenvalue weighted by Gasteiger charge is 2.19. The van der Waals surface area contributed by atoms with Crippen molar-refractivity contribution in [2.75, 3.05) is 39.5 Å². The van der Waals surface area contributed by atoms with Crippen molar-refractivity contribution in [1.29, 1.82) is 0 Å². The number of aliphatic imine (C=N–C) groups is 1. The lowest BCUT2D eigenvalue weighted by molar-refractivity contribution is 0.0420. The van der Waals surface area contributed by atoms with Crippen LogP contribution in [-0.2, 0) is 9.47 Å². The molecule has 0 aromatic rings. The number of hydrogen-bond acceptors (Lipinski definition) is 3. The molecule has 1 fully saturated rings. The first-order valence-electron chi connectivity index (χ1n) is 9.14. The molecule has 0 spiro atoms. The molecule has 1 rings (SSSR count). The van der Waals surface area contributed by atoms with Crippen LogP contribution < -0.4 is 10.6 Å². The second-order valence-electron chi connectivity index (χ2n) is 7.59. The molecule has 1 saturated heterocycles. The van der Waals surface area contributed by atoms with Gasteiger partial charge in [0, 0.05) is 32.8 Å². The fourth-order valence-electron chi connectivity index (χ4n) is 2.98. The molecule has 1 atom stereocenters. The number of nitrogens with zero attached hydrogens (tertiary/aromatic N) is 1. The van der Waals surface area contributed by atoms with E-state index in [0.29, 0.717) is 12.0 Å². The van der Waals surface area contributed by atoms with Gasteiger partial charge in [0.1, 0.15) is 0 Å². The number of guanidine groups is 1. The van der Waals surface area contributed by atoms with Gasteiger partial charge in [0.15, 0.2) is 5.96 Å². The number of halogens is 1. The summed E-state index contributed by atoms with van der Waals surface area (Å²) in [5.41, 5.74) is 0.238. The largest absolute Gasteiger partial charge is 0.379 e. The molecular formula is C18H38IN3O2. The molecule has 0 aromatic heterocycles. The Labute approximate surface area is 165 Å². The lowest BCUT2D eigenvalue weighted by atomic mass is 9.84. The highest BCUT2D eigenvalue weighted by molar-refractivity contribution is 14.0. The molecule has 1 aliphatic rings. The van der Waals surface area contributed by atoms with Crippen molar-refractivity contribution in [3.63, 3.8) is 0 Å². The Bertz CT molecular complexity index is 343. The minimum Gasteiger partial charge on any atom is -0.379 e. The van der Waals surface area contributed by atoms with E-state index in [9.17, 15) is 0 Å². The second-order valence-corrected chi connectivity index (χ2v) is 7.59. The number of rotatable bonds is 10. The molecule has 144 valence electrons. The number of hydrogen-bond donors (Lipinski definition) is 2. The van der Waals surface area contributed by atoms with Crippen molar-refractivity contribution < 1.29 is 9.47 Å². The summed E-state index contributed by atoms with van der Waals surface area (Å²) in [5.74, 6) is 1.61. The van der Waals surface area contributed by atoms with Gasteiger partial charge in [-0.2, -0.15) is 0 Å². The molecule has 1 unspecified atom stereocenters. The van der Waals surface area contributed by atoms with Crippen molar-refractivity contribution in [3.8, 4) is 0 Å². The molecular weight excluding hydrogens is 417 g/mol. The smallest absolute Gasteiger partial charge is 0.191 e. The van der Waals surface area contributed by atoms with Gasteiger partial charge in [-0.3, -0.25) is 4.99 Å². The van der Waals surface area contributed by atoms with Gasteiger partial charge in [-0.15, -0.1) is 24.0 Å². The van der Waals surface area contributed by atoms with Gasteiger partial charge in [-0.25, -0.2) is 0 Å². The van der Waals surface area contributed by atoms with E-state index < -0.39 is 0 Å². The topological polar surface area (TPSA) is 54.9 Å². The number of ether oxygens (including phenoxy) is 2. The van der Waals surface area contributed by atoms with Crippen LogP contribution in [0, 0.1) is 11.3 Å². The number of nitrogens with one attached hydrogen (secondary N) is 2. The van der Waals surface area contributed by atoms with Gasteiger partial charge in [-0.05, 0) is 37.5 Å². The van der Waals surface area contributed by atoms with E-state index in [-0.39, 0.29) is 29.4 Å². The van der Waals surface area contributed by atoms with E-state index in [4.69, 9.17) is 14.5 Å². The lowest BCUT2D eigenvalue weighted by Gasteiger charge is -2.25. The molecule has 24 heavy (non-hydrogen) atoms. The summed E-state index contributed by atoms with van der Waals surface area (Å²) in [6.45, 7) is 16.2. The molecule has 1 heterocycles. The van der Waals surface area contributed by atoms with E-state index in [1.54, 1.807) is 0 Å². The molecule has 5 nitrogen and oxygen atoms in total. The summed E-state index contributed by atoms with van der Waals surface area (Å²) >= 11 is 0. The predicted octanol–water partition coefficient (Wildman–Crippen LogP) is 3.43. The molecule has 0 amide bonds. The van der Waals surface area contributed by atoms with Crippen molar-refractivity contribution in [2.24, 2.45) is 16.3 Å². The maximum Gasteiger partial charge on any atom is 0.191 e. The zero-order valence-corrected chi connectivity index (χ0v) is 18.5. The molecule has 2 N–H and O–H groups in total. The molecule has 0 aromatic carbocycles. The van der Waals surface area contributed by atoms with Crippen LogP contribution in [0.2, 0.25) is 0 Å². The molecule has 0 saturated carbocycles. The monoisotopic (exact) mass is 455 g/mol. The fourth-order valence-corrected chi connectivity index (χ4v) is 2.98. The van der Waals surface area contributed by atoms with Crippen LogP contribution >= 0.6 is 24.0 Å². The summed E-state index contributed by atoms with van der Waals surface area (Å²) in [6.07, 6.45) is 3.50. The normalized spacial score (nSPS) is 18.6. The van der Waals surface area contributed by atoms with Gasteiger partial charge in [-0.1, -0.05) is 27.7 Å². The zero-order valence-electron chi connectivity index (χ0n) is 16.2. The fraction of sp³-hybridized carbons (Fsp3) is 0.944. The molecule has 0 bridgehead atoms. The van der Waals surface area contributed by atoms with Crippen LogP contribution in [0.5, 0.6) is 0 Å². The lowest BCUT2D eigenvalue weighted by Crippen LogP contribution is -2.39. The average Bonchev–Trinajstić information content (AvgIpc) is 2.96. The van der Waals surface area contributed by atoms with E-state index in [1.165, 1.54) is 6.42 Å². The quantitative estimate of drug-likeness (QED) is 0.229. The minimum absolute atomic E-state index is 0. The molecule has 0 radical (unpaired) electrons. The Hall–Kier alpha value is -0.0800. The van der Waals surface area contributed by atoms with E-state index in [2.05, 4.69) is 45.3 Å². The summed E-state index contributed by atoms with van der Waals surface area (Å²) in [4.78, 5) is 4.75. The van der Waals surface area contributed by atoms with Crippen molar-refractivity contribution in [2.45, 2.75) is 60.0 Å². The first-order chi connectivity index (χ1) is 10.9. The molecule has 1 aliphatic heterocycles. The SMILES string of the molecule is CCNC(=NCC(C)(C)CC(C)C)NCCCOC1CCOC1.I. The Morgan fingerprint density at radius 3 is 2.67 bits per heavy atom. The summed E-state index contributed by atoms with van der Waals surface area (Å²) < 4.78 is 11.1. The molecule has 6 heteroatoms. The van der Waals surface area contributed by atoms with Gasteiger partial charge in [0.05, 0.1) is 12.7 Å². The predicted molar refractivity (Wildman–Crippen MR) is 112 cm³/mol. The first kappa shape index (κ1) is 23.9. The third-order valence-electron chi connectivity index (χ3n) is 3.83. The van der Waals surface area contributed by atoms with Crippen LogP contribution in [-0.4, -0.2) is 51.5 Å². The Morgan fingerprint density at radius 2 is 2.08 bits per heavy atom. The van der Waals surface area contributed by atoms with Gasteiger partial charge in [0.25, 0.3) is 0 Å². The van der Waals surface area contributed by atoms with Crippen LogP contribution in [0.15, 0.2) is 4.99 Å². The molecule has 0 aliphatic carbocycles. The third-order valence-corrected chi connectivity index (χ3v) is 3.83. The van der Waals surface area contributed by atoms with Crippen molar-refractivity contribution in [3.05, 3.63) is 0 Å². The summed E-state index contributed by atoms with van der Waals surface area (Å²) in [6, 6.07) is 0. The third kappa shape index (κ3) is 11.5. The summed E-state index contributed by atoms with van der Waals surface area (Å²) in [7, 11) is 0. The van der Waals surface area contributed by atoms with Crippen LogP contribution in [0.25, 0.3) is 0 Å². The average molecular weight is 455 g/mol. The van der Waals surface area contributed by atoms with Crippen molar-refractivity contribution in [1.82, 2.24) is 10.6 Å². The summed E-state index contributed by atoms with van der Waals surface area (Å²) in [5, 5.41) is 6.72. The van der Waals surface area contributed by atoms with Crippen LogP contribution in [0.3, 0.4) is 0 Å². The van der Waals surface area contributed by atoms with Crippen LogP contribution in [0.1, 0.15) is 53.9 Å².